The molecule has 0 amide bonds. The predicted octanol–water partition coefficient (Wildman–Crippen LogP) is 3.73. The maximum absolute atomic E-state index is 6.05. The Hall–Kier alpha value is -0.390. The van der Waals surface area contributed by atoms with Crippen LogP contribution in [0.1, 0.15) is 19.8 Å². The molecular weight excluding hydrogens is 231 g/mol. The van der Waals surface area contributed by atoms with Crippen molar-refractivity contribution >= 4 is 23.1 Å². The van der Waals surface area contributed by atoms with Gasteiger partial charge in [-0.25, -0.2) is 0 Å². The summed E-state index contributed by atoms with van der Waals surface area (Å²) in [5, 5.41) is 1.42. The van der Waals surface area contributed by atoms with Crippen LogP contribution in [0.25, 0.3) is 0 Å². The van der Waals surface area contributed by atoms with E-state index in [1.807, 2.05) is 0 Å². The molecule has 1 aromatic carbocycles. The van der Waals surface area contributed by atoms with E-state index in [1.165, 1.54) is 18.1 Å². The van der Waals surface area contributed by atoms with Crippen molar-refractivity contribution in [3.8, 4) is 0 Å². The molecule has 1 fully saturated rings. The lowest BCUT2D eigenvalue weighted by atomic mass is 9.99. The summed E-state index contributed by atoms with van der Waals surface area (Å²) in [6.45, 7) is 2.38. The zero-order chi connectivity index (χ0) is 11.2. The normalized spacial score (nSPS) is 41.2. The summed E-state index contributed by atoms with van der Waals surface area (Å²) in [6, 6.07) is 9.39. The Morgan fingerprint density at radius 1 is 1.19 bits per heavy atom. The maximum Gasteiger partial charge on any atom is 0.00688 e. The Kier molecular flexibility index (Phi) is 2.57. The topological polar surface area (TPSA) is 0 Å². The van der Waals surface area contributed by atoms with Crippen LogP contribution in [-0.2, 0) is 11.8 Å². The van der Waals surface area contributed by atoms with Gasteiger partial charge in [-0.15, -0.1) is 0 Å². The van der Waals surface area contributed by atoms with E-state index in [1.54, 1.807) is 0 Å². The molecule has 0 nitrogen and oxygen atoms in total. The summed E-state index contributed by atoms with van der Waals surface area (Å²) in [7, 11) is 0. The summed E-state index contributed by atoms with van der Waals surface area (Å²) >= 11 is 6.05. The smallest absolute Gasteiger partial charge is 0.00688 e. The predicted molar refractivity (Wildman–Crippen MR) is 75.2 cm³/mol. The minimum absolute atomic E-state index is 0.764. The first-order chi connectivity index (χ1) is 7.72. The molecule has 16 heavy (non-hydrogen) atoms. The van der Waals surface area contributed by atoms with Crippen LogP contribution in [0.3, 0.4) is 0 Å². The van der Waals surface area contributed by atoms with E-state index < -0.39 is 6.04 Å². The second-order valence-corrected chi connectivity index (χ2v) is 9.79. The zero-order valence-electron chi connectivity index (χ0n) is 9.54. The van der Waals surface area contributed by atoms with Crippen LogP contribution in [0.5, 0.6) is 0 Å². The van der Waals surface area contributed by atoms with Crippen molar-refractivity contribution in [2.45, 2.75) is 25.4 Å². The third kappa shape index (κ3) is 1.45. The van der Waals surface area contributed by atoms with Crippen molar-refractivity contribution in [3.05, 3.63) is 42.2 Å². The molecule has 2 heteroatoms. The molecule has 3 rings (SSSR count). The number of allylic oxidation sites excluding steroid dienone is 1. The Morgan fingerprint density at radius 2 is 1.94 bits per heavy atom. The van der Waals surface area contributed by atoms with Crippen LogP contribution in [0, 0.1) is 11.8 Å². The van der Waals surface area contributed by atoms with Crippen LogP contribution in [0.15, 0.2) is 42.2 Å². The van der Waals surface area contributed by atoms with Gasteiger partial charge in [0.15, 0.2) is 0 Å². The van der Waals surface area contributed by atoms with Gasteiger partial charge in [-0.1, -0.05) is 61.0 Å². The first-order valence-electron chi connectivity index (χ1n) is 6.06. The number of hydrogen-bond donors (Lipinski definition) is 0. The van der Waals surface area contributed by atoms with E-state index in [9.17, 15) is 0 Å². The Morgan fingerprint density at radius 3 is 2.69 bits per heavy atom. The van der Waals surface area contributed by atoms with E-state index in [0.29, 0.717) is 0 Å². The highest BCUT2D eigenvalue weighted by Crippen LogP contribution is 2.64. The second-order valence-electron chi connectivity index (χ2n) is 5.09. The largest absolute Gasteiger partial charge is 0.0879 e. The van der Waals surface area contributed by atoms with Gasteiger partial charge >= 0.3 is 0 Å². The van der Waals surface area contributed by atoms with Crippen molar-refractivity contribution < 1.29 is 0 Å². The third-order valence-electron chi connectivity index (χ3n) is 4.20. The van der Waals surface area contributed by atoms with Gasteiger partial charge in [0.25, 0.3) is 0 Å². The van der Waals surface area contributed by atoms with Crippen molar-refractivity contribution in [1.82, 2.24) is 0 Å². The van der Waals surface area contributed by atoms with Gasteiger partial charge in [0, 0.05) is 11.7 Å². The van der Waals surface area contributed by atoms with Crippen LogP contribution in [0.4, 0.5) is 0 Å². The first kappa shape index (κ1) is 10.7. The van der Waals surface area contributed by atoms with Crippen molar-refractivity contribution in [2.75, 3.05) is 0 Å². The molecule has 1 saturated carbocycles. The zero-order valence-corrected chi connectivity index (χ0v) is 11.3. The van der Waals surface area contributed by atoms with Crippen LogP contribution in [-0.4, -0.2) is 5.66 Å². The molecule has 1 aliphatic carbocycles. The van der Waals surface area contributed by atoms with E-state index in [2.05, 4.69) is 49.1 Å². The third-order valence-corrected chi connectivity index (χ3v) is 9.32. The van der Waals surface area contributed by atoms with Gasteiger partial charge in [0.1, 0.15) is 0 Å². The molecule has 2 aliphatic rings. The number of benzene rings is 1. The fraction of sp³-hybridized carbons (Fsp3) is 0.429. The molecule has 0 N–H and O–H groups in total. The number of fused-ring (bicyclic) bond motifs is 1. The summed E-state index contributed by atoms with van der Waals surface area (Å²) in [5.41, 5.74) is 0.764. The van der Waals surface area contributed by atoms with E-state index in [-0.39, 0.29) is 0 Å². The van der Waals surface area contributed by atoms with Gasteiger partial charge in [0.2, 0.25) is 0 Å². The lowest BCUT2D eigenvalue weighted by Crippen LogP contribution is -2.16. The minimum atomic E-state index is -1.41. The maximum atomic E-state index is 6.05. The lowest BCUT2D eigenvalue weighted by Gasteiger charge is -2.24. The molecule has 84 valence electrons. The lowest BCUT2D eigenvalue weighted by molar-refractivity contribution is 0.511. The molecular formula is C14H17PS. The SMILES string of the molecule is CC1CCC2C1C=CP2(=S)c1ccccc1. The van der Waals surface area contributed by atoms with Crippen LogP contribution < -0.4 is 5.30 Å². The first-order valence-corrected chi connectivity index (χ1v) is 9.00. The summed E-state index contributed by atoms with van der Waals surface area (Å²) in [5.74, 6) is 4.00. The standard InChI is InChI=1S/C14H17PS/c1-11-7-8-14-13(11)9-10-15(14,16)12-5-3-2-4-6-12/h2-6,9-11,13-14H,7-8H2,1H3. The number of rotatable bonds is 1. The van der Waals surface area contributed by atoms with Crippen molar-refractivity contribution in [2.24, 2.45) is 11.8 Å². The molecule has 1 aliphatic heterocycles. The van der Waals surface area contributed by atoms with Gasteiger partial charge < -0.3 is 0 Å². The van der Waals surface area contributed by atoms with Gasteiger partial charge in [-0.3, -0.25) is 0 Å². The van der Waals surface area contributed by atoms with Gasteiger partial charge in [-0.2, -0.15) is 0 Å². The fourth-order valence-electron chi connectivity index (χ4n) is 3.24. The average molecular weight is 248 g/mol. The molecule has 1 aromatic rings. The average Bonchev–Trinajstić information content (AvgIpc) is 2.84. The fourth-order valence-corrected chi connectivity index (χ4v) is 7.86. The Balaban J connectivity index is 2.03. The molecule has 0 radical (unpaired) electrons. The van der Waals surface area contributed by atoms with E-state index in [4.69, 9.17) is 11.8 Å². The van der Waals surface area contributed by atoms with Crippen LogP contribution in [0.2, 0.25) is 0 Å². The summed E-state index contributed by atoms with van der Waals surface area (Å²) in [4.78, 5) is 0. The highest BCUT2D eigenvalue weighted by molar-refractivity contribution is 8.20. The van der Waals surface area contributed by atoms with Gasteiger partial charge in [-0.05, 0) is 30.0 Å². The molecule has 0 saturated heterocycles. The summed E-state index contributed by atoms with van der Waals surface area (Å²) in [6.07, 6.45) is 5.13. The minimum Gasteiger partial charge on any atom is -0.0879 e. The van der Waals surface area contributed by atoms with E-state index >= 15 is 0 Å². The molecule has 4 atom stereocenters. The van der Waals surface area contributed by atoms with E-state index in [0.717, 1.165) is 17.5 Å². The Labute approximate surface area is 103 Å². The molecule has 0 aromatic heterocycles. The monoisotopic (exact) mass is 248 g/mol. The quantitative estimate of drug-likeness (QED) is 0.682. The highest BCUT2D eigenvalue weighted by atomic mass is 32.4. The van der Waals surface area contributed by atoms with Crippen molar-refractivity contribution in [3.63, 3.8) is 0 Å². The number of hydrogen-bond acceptors (Lipinski definition) is 1. The molecule has 4 unspecified atom stereocenters. The molecule has 0 spiro atoms. The second kappa shape index (κ2) is 3.82. The van der Waals surface area contributed by atoms with Crippen molar-refractivity contribution in [1.29, 1.82) is 0 Å². The van der Waals surface area contributed by atoms with Crippen LogP contribution >= 0.6 is 6.04 Å². The molecule has 0 bridgehead atoms. The Bertz CT molecular complexity index is 463. The molecule has 1 heterocycles. The summed E-state index contributed by atoms with van der Waals surface area (Å²) < 4.78 is 0. The van der Waals surface area contributed by atoms with Gasteiger partial charge in [0.05, 0.1) is 0 Å². The highest BCUT2D eigenvalue weighted by Gasteiger charge is 2.43.